The van der Waals surface area contributed by atoms with E-state index in [1.54, 1.807) is 0 Å². The number of rotatable bonds is 4. The summed E-state index contributed by atoms with van der Waals surface area (Å²) in [5, 5.41) is 7.99. The number of benzene rings is 1. The zero-order valence-corrected chi connectivity index (χ0v) is 19.0. The standard InChI is InChI=1S/C24H27N7S/c1-30-9-11-31(12-10-30)18-4-2-3-17(14-18)27-24-28-22(19-5-8-26-23(19)29-24)21-13-16-15-25-7-6-20(16)32-21/h2-5,8,13-14,25H,6-7,9-12,15H2,1H3,(H2,26,27,28,29). The second-order valence-corrected chi connectivity index (χ2v) is 9.72. The Morgan fingerprint density at radius 3 is 2.84 bits per heavy atom. The van der Waals surface area contributed by atoms with E-state index in [1.807, 2.05) is 17.5 Å². The van der Waals surface area contributed by atoms with Crippen LogP contribution in [0.5, 0.6) is 0 Å². The monoisotopic (exact) mass is 445 g/mol. The molecule has 0 saturated carbocycles. The summed E-state index contributed by atoms with van der Waals surface area (Å²) >= 11 is 1.86. The molecule has 6 rings (SSSR count). The van der Waals surface area contributed by atoms with E-state index in [1.165, 1.54) is 21.0 Å². The Morgan fingerprint density at radius 1 is 1.06 bits per heavy atom. The molecule has 3 aromatic heterocycles. The molecule has 0 amide bonds. The normalized spacial score (nSPS) is 17.0. The van der Waals surface area contributed by atoms with E-state index < -0.39 is 0 Å². The highest BCUT2D eigenvalue weighted by atomic mass is 32.1. The van der Waals surface area contributed by atoms with Gasteiger partial charge in [-0.25, -0.2) is 4.98 Å². The van der Waals surface area contributed by atoms with Crippen LogP contribution in [0, 0.1) is 0 Å². The quantitative estimate of drug-likeness (QED) is 0.444. The molecule has 0 atom stereocenters. The van der Waals surface area contributed by atoms with Crippen LogP contribution in [0.25, 0.3) is 21.6 Å². The predicted molar refractivity (Wildman–Crippen MR) is 132 cm³/mol. The van der Waals surface area contributed by atoms with E-state index in [4.69, 9.17) is 9.97 Å². The SMILES string of the molecule is CN1CCN(c2cccc(Nc3nc(-c4cc5c(s4)CCNC5)c4cc[nH]c4n3)c2)CC1. The Labute approximate surface area is 191 Å². The molecular formula is C24H27N7S. The van der Waals surface area contributed by atoms with Crippen molar-refractivity contribution in [3.05, 3.63) is 53.0 Å². The fourth-order valence-corrected chi connectivity index (χ4v) is 5.71. The van der Waals surface area contributed by atoms with Crippen molar-refractivity contribution >= 4 is 39.7 Å². The molecule has 3 N–H and O–H groups in total. The Balaban J connectivity index is 1.32. The lowest BCUT2D eigenvalue weighted by atomic mass is 10.1. The van der Waals surface area contributed by atoms with Crippen molar-refractivity contribution in [2.75, 3.05) is 50.0 Å². The Kier molecular flexibility index (Phi) is 5.05. The van der Waals surface area contributed by atoms with Crippen LogP contribution in [0.1, 0.15) is 10.4 Å². The molecule has 2 aliphatic heterocycles. The molecule has 0 bridgehead atoms. The third-order valence-corrected chi connectivity index (χ3v) is 7.60. The molecule has 8 heteroatoms. The molecule has 4 aromatic rings. The van der Waals surface area contributed by atoms with Gasteiger partial charge in [0, 0.05) is 67.1 Å². The molecule has 32 heavy (non-hydrogen) atoms. The molecule has 1 aromatic carbocycles. The molecule has 0 radical (unpaired) electrons. The van der Waals surface area contributed by atoms with Gasteiger partial charge in [-0.15, -0.1) is 11.3 Å². The van der Waals surface area contributed by atoms with Crippen LogP contribution >= 0.6 is 11.3 Å². The first-order valence-electron chi connectivity index (χ1n) is 11.2. The van der Waals surface area contributed by atoms with Gasteiger partial charge < -0.3 is 25.4 Å². The summed E-state index contributed by atoms with van der Waals surface area (Å²) in [7, 11) is 2.18. The van der Waals surface area contributed by atoms with Gasteiger partial charge >= 0.3 is 0 Å². The fraction of sp³-hybridized carbons (Fsp3) is 0.333. The second kappa shape index (κ2) is 8.20. The highest BCUT2D eigenvalue weighted by molar-refractivity contribution is 7.15. The van der Waals surface area contributed by atoms with Crippen molar-refractivity contribution in [1.29, 1.82) is 0 Å². The van der Waals surface area contributed by atoms with Crippen LogP contribution in [-0.4, -0.2) is 59.6 Å². The molecule has 0 unspecified atom stereocenters. The van der Waals surface area contributed by atoms with Crippen molar-refractivity contribution in [2.24, 2.45) is 0 Å². The lowest BCUT2D eigenvalue weighted by molar-refractivity contribution is 0.313. The van der Waals surface area contributed by atoms with Crippen molar-refractivity contribution < 1.29 is 0 Å². The van der Waals surface area contributed by atoms with Crippen molar-refractivity contribution in [1.82, 2.24) is 25.2 Å². The van der Waals surface area contributed by atoms with Crippen LogP contribution in [0.15, 0.2) is 42.6 Å². The van der Waals surface area contributed by atoms with Gasteiger partial charge in [0.2, 0.25) is 5.95 Å². The van der Waals surface area contributed by atoms with Crippen LogP contribution in [0.2, 0.25) is 0 Å². The van der Waals surface area contributed by atoms with Crippen molar-refractivity contribution in [2.45, 2.75) is 13.0 Å². The summed E-state index contributed by atoms with van der Waals surface area (Å²) in [5.74, 6) is 0.620. The van der Waals surface area contributed by atoms with E-state index >= 15 is 0 Å². The number of aromatic nitrogens is 3. The number of H-pyrrole nitrogens is 1. The maximum atomic E-state index is 4.96. The van der Waals surface area contributed by atoms with Gasteiger partial charge in [-0.3, -0.25) is 0 Å². The molecule has 1 saturated heterocycles. The smallest absolute Gasteiger partial charge is 0.229 e. The first-order valence-corrected chi connectivity index (χ1v) is 12.0. The van der Waals surface area contributed by atoms with E-state index in [-0.39, 0.29) is 0 Å². The van der Waals surface area contributed by atoms with Gasteiger partial charge in [0.05, 0.1) is 10.6 Å². The minimum Gasteiger partial charge on any atom is -0.369 e. The zero-order chi connectivity index (χ0) is 21.5. The highest BCUT2D eigenvalue weighted by Gasteiger charge is 2.19. The minimum absolute atomic E-state index is 0.620. The summed E-state index contributed by atoms with van der Waals surface area (Å²) in [6.45, 7) is 6.27. The maximum Gasteiger partial charge on any atom is 0.229 e. The average molecular weight is 446 g/mol. The van der Waals surface area contributed by atoms with Gasteiger partial charge in [-0.2, -0.15) is 4.98 Å². The summed E-state index contributed by atoms with van der Waals surface area (Å²) in [5.41, 5.74) is 5.49. The zero-order valence-electron chi connectivity index (χ0n) is 18.2. The largest absolute Gasteiger partial charge is 0.369 e. The molecule has 1 fully saturated rings. The fourth-order valence-electron chi connectivity index (χ4n) is 4.53. The number of nitrogens with zero attached hydrogens (tertiary/aromatic N) is 4. The molecular weight excluding hydrogens is 418 g/mol. The lowest BCUT2D eigenvalue weighted by Crippen LogP contribution is -2.44. The van der Waals surface area contributed by atoms with Gasteiger partial charge in [-0.05, 0) is 49.4 Å². The number of nitrogens with one attached hydrogen (secondary N) is 3. The van der Waals surface area contributed by atoms with Crippen LogP contribution in [0.3, 0.4) is 0 Å². The summed E-state index contributed by atoms with van der Waals surface area (Å²) in [6, 6.07) is 12.9. The summed E-state index contributed by atoms with van der Waals surface area (Å²) < 4.78 is 0. The van der Waals surface area contributed by atoms with Gasteiger partial charge in [-0.1, -0.05) is 6.07 Å². The number of thiophene rings is 1. The van der Waals surface area contributed by atoms with Crippen LogP contribution < -0.4 is 15.5 Å². The molecule has 2 aliphatic rings. The summed E-state index contributed by atoms with van der Waals surface area (Å²) in [6.07, 6.45) is 3.03. The first kappa shape index (κ1) is 19.7. The Hall–Kier alpha value is -2.94. The van der Waals surface area contributed by atoms with Crippen LogP contribution in [-0.2, 0) is 13.0 Å². The topological polar surface area (TPSA) is 72.1 Å². The van der Waals surface area contributed by atoms with Crippen LogP contribution in [0.4, 0.5) is 17.3 Å². The van der Waals surface area contributed by atoms with E-state index in [0.29, 0.717) is 5.95 Å². The Morgan fingerprint density at radius 2 is 1.97 bits per heavy atom. The second-order valence-electron chi connectivity index (χ2n) is 8.59. The van der Waals surface area contributed by atoms with E-state index in [9.17, 15) is 0 Å². The molecule has 7 nitrogen and oxygen atoms in total. The van der Waals surface area contributed by atoms with Gasteiger partial charge in [0.15, 0.2) is 0 Å². The number of piperazine rings is 1. The molecule has 164 valence electrons. The van der Waals surface area contributed by atoms with E-state index in [2.05, 4.69) is 68.9 Å². The van der Waals surface area contributed by atoms with E-state index in [0.717, 1.165) is 68.1 Å². The lowest BCUT2D eigenvalue weighted by Gasteiger charge is -2.34. The number of hydrogen-bond acceptors (Lipinski definition) is 7. The maximum absolute atomic E-state index is 4.96. The van der Waals surface area contributed by atoms with Crippen molar-refractivity contribution in [3.8, 4) is 10.6 Å². The van der Waals surface area contributed by atoms with Crippen molar-refractivity contribution in [3.63, 3.8) is 0 Å². The number of hydrogen-bond donors (Lipinski definition) is 3. The van der Waals surface area contributed by atoms with Gasteiger partial charge in [0.25, 0.3) is 0 Å². The number of fused-ring (bicyclic) bond motifs is 2. The number of aromatic amines is 1. The summed E-state index contributed by atoms with van der Waals surface area (Å²) in [4.78, 5) is 20.5. The first-order chi connectivity index (χ1) is 15.7. The highest BCUT2D eigenvalue weighted by Crippen LogP contribution is 2.36. The molecule has 0 spiro atoms. The third-order valence-electron chi connectivity index (χ3n) is 6.36. The number of likely N-dealkylation sites (N-methyl/N-ethyl adjacent to an activating group) is 1. The Bertz CT molecular complexity index is 1230. The molecule has 0 aliphatic carbocycles. The minimum atomic E-state index is 0.620. The third kappa shape index (κ3) is 3.74. The number of anilines is 3. The van der Waals surface area contributed by atoms with Gasteiger partial charge in [0.1, 0.15) is 5.65 Å². The average Bonchev–Trinajstić information content (AvgIpc) is 3.46. The predicted octanol–water partition coefficient (Wildman–Crippen LogP) is 3.83. The molecule has 5 heterocycles.